The molecule has 38 heavy (non-hydrogen) atoms. The van der Waals surface area contributed by atoms with E-state index in [1.165, 1.54) is 36.4 Å². The van der Waals surface area contributed by atoms with Gasteiger partial charge in [-0.25, -0.2) is 9.69 Å². The summed E-state index contributed by atoms with van der Waals surface area (Å²) in [5, 5.41) is 0. The topological polar surface area (TPSA) is 107 Å². The number of ether oxygens (including phenoxy) is 2. The third kappa shape index (κ3) is 3.28. The minimum absolute atomic E-state index is 0.170. The third-order valence-corrected chi connectivity index (χ3v) is 7.83. The molecule has 6 rings (SSSR count). The van der Waals surface area contributed by atoms with Gasteiger partial charge >= 0.3 is 5.97 Å². The predicted molar refractivity (Wildman–Crippen MR) is 138 cm³/mol. The standard InChI is InChI=1S/C29H20BrNO7/c1-2-37-28(36)15-10-12-18(13-11-15)31-26(34)21-22(27(31)35)29(38-23(21)16-6-5-7-17(30)14-16)24(32)19-8-3-4-9-20(19)25(29)33/h3-14,21-23H,2H2,1H3. The van der Waals surface area contributed by atoms with Crippen LogP contribution >= 0.6 is 15.9 Å². The number of nitrogens with zero attached hydrogens (tertiary/aromatic N) is 1. The number of hydrogen-bond acceptors (Lipinski definition) is 7. The zero-order chi connectivity index (χ0) is 26.8. The smallest absolute Gasteiger partial charge is 0.338 e. The maximum absolute atomic E-state index is 14.0. The molecule has 2 fully saturated rings. The molecular formula is C29H20BrNO7. The monoisotopic (exact) mass is 573 g/mol. The Hall–Kier alpha value is -3.95. The lowest BCUT2D eigenvalue weighted by molar-refractivity contribution is -0.127. The molecule has 3 unspecified atom stereocenters. The van der Waals surface area contributed by atoms with Gasteiger partial charge in [-0.2, -0.15) is 0 Å². The van der Waals surface area contributed by atoms with Gasteiger partial charge in [-0.05, 0) is 48.9 Å². The minimum atomic E-state index is -2.15. The number of Topliss-reactive ketones (excluding diaryl/α,β-unsaturated/α-hetero) is 2. The first-order valence-corrected chi connectivity index (χ1v) is 12.9. The molecule has 190 valence electrons. The Kier molecular flexibility index (Phi) is 5.66. The van der Waals surface area contributed by atoms with Crippen molar-refractivity contribution in [3.05, 3.63) is 99.5 Å². The Bertz CT molecular complexity index is 1510. The van der Waals surface area contributed by atoms with Crippen LogP contribution in [0.5, 0.6) is 0 Å². The highest BCUT2D eigenvalue weighted by molar-refractivity contribution is 9.10. The highest BCUT2D eigenvalue weighted by Gasteiger charge is 2.74. The van der Waals surface area contributed by atoms with E-state index in [2.05, 4.69) is 15.9 Å². The summed E-state index contributed by atoms with van der Waals surface area (Å²) < 4.78 is 12.0. The largest absolute Gasteiger partial charge is 0.462 e. The zero-order valence-corrected chi connectivity index (χ0v) is 21.6. The second-order valence-electron chi connectivity index (χ2n) is 9.32. The number of fused-ring (bicyclic) bond motifs is 3. The van der Waals surface area contributed by atoms with E-state index in [4.69, 9.17) is 9.47 Å². The van der Waals surface area contributed by atoms with Crippen molar-refractivity contribution in [1.82, 2.24) is 0 Å². The number of imide groups is 1. The van der Waals surface area contributed by atoms with Gasteiger partial charge in [0.2, 0.25) is 29.0 Å². The Morgan fingerprint density at radius 3 is 2.18 bits per heavy atom. The molecule has 1 aliphatic carbocycles. The molecular weight excluding hydrogens is 554 g/mol. The van der Waals surface area contributed by atoms with E-state index in [0.29, 0.717) is 10.0 Å². The number of benzene rings is 3. The van der Waals surface area contributed by atoms with Crippen LogP contribution in [-0.2, 0) is 19.1 Å². The molecule has 0 saturated carbocycles. The first-order chi connectivity index (χ1) is 18.3. The van der Waals surface area contributed by atoms with Crippen molar-refractivity contribution in [3.8, 4) is 0 Å². The van der Waals surface area contributed by atoms with Crippen molar-refractivity contribution in [2.45, 2.75) is 18.6 Å². The average Bonchev–Trinajstić information content (AvgIpc) is 3.49. The van der Waals surface area contributed by atoms with Gasteiger partial charge in [0.25, 0.3) is 0 Å². The Morgan fingerprint density at radius 1 is 0.921 bits per heavy atom. The number of halogens is 1. The molecule has 2 saturated heterocycles. The van der Waals surface area contributed by atoms with Gasteiger partial charge in [0.15, 0.2) is 0 Å². The van der Waals surface area contributed by atoms with Crippen molar-refractivity contribution in [2.75, 3.05) is 11.5 Å². The summed E-state index contributed by atoms with van der Waals surface area (Å²) in [4.78, 5) is 68.6. The fourth-order valence-corrected chi connectivity index (χ4v) is 6.13. The van der Waals surface area contributed by atoms with Crippen LogP contribution in [0.4, 0.5) is 5.69 Å². The number of carbonyl (C=O) groups is 5. The second kappa shape index (κ2) is 8.82. The molecule has 2 aliphatic heterocycles. The van der Waals surface area contributed by atoms with Crippen molar-refractivity contribution >= 4 is 51.0 Å². The van der Waals surface area contributed by atoms with Gasteiger partial charge in [0.05, 0.1) is 35.8 Å². The molecule has 3 atom stereocenters. The van der Waals surface area contributed by atoms with Crippen LogP contribution in [0.25, 0.3) is 0 Å². The molecule has 2 heterocycles. The lowest BCUT2D eigenvalue weighted by atomic mass is 9.77. The molecule has 9 heteroatoms. The quantitative estimate of drug-likeness (QED) is 0.260. The van der Waals surface area contributed by atoms with Gasteiger partial charge < -0.3 is 9.47 Å². The fraction of sp³-hybridized carbons (Fsp3) is 0.207. The van der Waals surface area contributed by atoms with E-state index in [1.807, 2.05) is 0 Å². The van der Waals surface area contributed by atoms with E-state index in [9.17, 15) is 24.0 Å². The average molecular weight is 574 g/mol. The minimum Gasteiger partial charge on any atom is -0.462 e. The molecule has 3 aromatic rings. The molecule has 0 radical (unpaired) electrons. The van der Waals surface area contributed by atoms with Crippen LogP contribution in [0.3, 0.4) is 0 Å². The van der Waals surface area contributed by atoms with Crippen LogP contribution in [0.1, 0.15) is 49.7 Å². The van der Waals surface area contributed by atoms with E-state index in [0.717, 1.165) is 4.90 Å². The van der Waals surface area contributed by atoms with Gasteiger partial charge in [0.1, 0.15) is 0 Å². The Balaban J connectivity index is 1.47. The first kappa shape index (κ1) is 24.4. The van der Waals surface area contributed by atoms with E-state index < -0.39 is 52.9 Å². The highest BCUT2D eigenvalue weighted by Crippen LogP contribution is 2.57. The fourth-order valence-electron chi connectivity index (χ4n) is 5.72. The molecule has 0 aromatic heterocycles. The van der Waals surface area contributed by atoms with Gasteiger partial charge in [0, 0.05) is 15.6 Å². The number of rotatable bonds is 4. The summed E-state index contributed by atoms with van der Waals surface area (Å²) in [5.41, 5.74) is -0.761. The second-order valence-corrected chi connectivity index (χ2v) is 10.2. The van der Waals surface area contributed by atoms with E-state index >= 15 is 0 Å². The maximum Gasteiger partial charge on any atom is 0.338 e. The van der Waals surface area contributed by atoms with Crippen molar-refractivity contribution in [3.63, 3.8) is 0 Å². The summed E-state index contributed by atoms with van der Waals surface area (Å²) in [5.74, 6) is -5.51. The van der Waals surface area contributed by atoms with E-state index in [-0.39, 0.29) is 29.0 Å². The van der Waals surface area contributed by atoms with Gasteiger partial charge in [-0.3, -0.25) is 19.2 Å². The lowest BCUT2D eigenvalue weighted by Gasteiger charge is -2.27. The van der Waals surface area contributed by atoms with E-state index in [1.54, 1.807) is 43.3 Å². The summed E-state index contributed by atoms with van der Waals surface area (Å²) in [7, 11) is 0. The molecule has 0 N–H and O–H groups in total. The predicted octanol–water partition coefficient (Wildman–Crippen LogP) is 4.32. The number of carbonyl (C=O) groups excluding carboxylic acids is 5. The molecule has 3 aliphatic rings. The number of anilines is 1. The van der Waals surface area contributed by atoms with Crippen molar-refractivity contribution in [1.29, 1.82) is 0 Å². The first-order valence-electron chi connectivity index (χ1n) is 12.1. The SMILES string of the molecule is CCOC(=O)c1ccc(N2C(=O)C3C(c4cccc(Br)c4)OC4(C(=O)c5ccccc5C4=O)C3C2=O)cc1. The number of ketones is 2. The maximum atomic E-state index is 14.0. The molecule has 3 aromatic carbocycles. The normalized spacial score (nSPS) is 23.2. The summed E-state index contributed by atoms with van der Waals surface area (Å²) >= 11 is 3.42. The van der Waals surface area contributed by atoms with Crippen LogP contribution < -0.4 is 4.90 Å². The van der Waals surface area contributed by atoms with Crippen LogP contribution in [0, 0.1) is 11.8 Å². The Labute approximate surface area is 225 Å². The van der Waals surface area contributed by atoms with Gasteiger partial charge in [-0.15, -0.1) is 0 Å². The molecule has 1 spiro atoms. The van der Waals surface area contributed by atoms with Crippen molar-refractivity contribution < 1.29 is 33.4 Å². The molecule has 2 amide bonds. The number of amides is 2. The van der Waals surface area contributed by atoms with Crippen LogP contribution in [0.15, 0.2) is 77.3 Å². The summed E-state index contributed by atoms with van der Waals surface area (Å²) in [6.07, 6.45) is -1.01. The molecule has 8 nitrogen and oxygen atoms in total. The van der Waals surface area contributed by atoms with Gasteiger partial charge in [-0.1, -0.05) is 52.3 Å². The highest BCUT2D eigenvalue weighted by atomic mass is 79.9. The number of hydrogen-bond donors (Lipinski definition) is 0. The summed E-state index contributed by atoms with van der Waals surface area (Å²) in [6.45, 7) is 1.90. The summed E-state index contributed by atoms with van der Waals surface area (Å²) in [6, 6.07) is 19.2. The Morgan fingerprint density at radius 2 is 1.58 bits per heavy atom. The molecule has 0 bridgehead atoms. The van der Waals surface area contributed by atoms with Crippen molar-refractivity contribution in [2.24, 2.45) is 11.8 Å². The van der Waals surface area contributed by atoms with Crippen LogP contribution in [0.2, 0.25) is 0 Å². The third-order valence-electron chi connectivity index (χ3n) is 7.33. The zero-order valence-electron chi connectivity index (χ0n) is 20.1. The van der Waals surface area contributed by atoms with Crippen LogP contribution in [-0.4, -0.2) is 41.6 Å². The lowest BCUT2D eigenvalue weighted by Crippen LogP contribution is -2.51. The number of esters is 1.